The summed E-state index contributed by atoms with van der Waals surface area (Å²) in [6.45, 7) is 1.12. The highest BCUT2D eigenvalue weighted by molar-refractivity contribution is 6.04. The molecule has 0 aliphatic carbocycles. The average molecular weight is 172 g/mol. The molecule has 1 fully saturated rings. The van der Waals surface area contributed by atoms with Crippen molar-refractivity contribution in [2.24, 2.45) is 0 Å². The van der Waals surface area contributed by atoms with Crippen LogP contribution in [0.3, 0.4) is 0 Å². The van der Waals surface area contributed by atoms with E-state index in [4.69, 9.17) is 4.74 Å². The maximum absolute atomic E-state index is 10.9. The first kappa shape index (κ1) is 9.15. The van der Waals surface area contributed by atoms with Gasteiger partial charge >= 0.3 is 0 Å². The van der Waals surface area contributed by atoms with Crippen molar-refractivity contribution >= 4 is 11.8 Å². The molecule has 5 nitrogen and oxygen atoms in total. The Morgan fingerprint density at radius 1 is 1.67 bits per heavy atom. The summed E-state index contributed by atoms with van der Waals surface area (Å²) in [5, 5.41) is 5.05. The molecule has 5 heteroatoms. The smallest absolute Gasteiger partial charge is 0.256 e. The van der Waals surface area contributed by atoms with Crippen LogP contribution >= 0.6 is 0 Å². The normalized spacial score (nSPS) is 22.9. The summed E-state index contributed by atoms with van der Waals surface area (Å²) < 4.78 is 5.13. The predicted octanol–water partition coefficient (Wildman–Crippen LogP) is -1.36. The van der Waals surface area contributed by atoms with Gasteiger partial charge in [-0.25, -0.2) is 0 Å². The van der Waals surface area contributed by atoms with Crippen molar-refractivity contribution in [3.8, 4) is 0 Å². The lowest BCUT2D eigenvalue weighted by atomic mass is 10.3. The third-order valence-electron chi connectivity index (χ3n) is 1.60. The largest absolute Gasteiger partial charge is 0.367 e. The zero-order valence-electron chi connectivity index (χ0n) is 6.92. The topological polar surface area (TPSA) is 67.4 Å². The number of hydrogen-bond donors (Lipinski definition) is 2. The molecule has 1 rings (SSSR count). The molecule has 0 aromatic heterocycles. The first-order valence-electron chi connectivity index (χ1n) is 3.84. The SMILES string of the molecule is CNCCOC1CC(=O)NC1=O. The summed E-state index contributed by atoms with van der Waals surface area (Å²) in [5.74, 6) is -0.578. The molecule has 0 spiro atoms. The van der Waals surface area contributed by atoms with E-state index in [1.807, 2.05) is 0 Å². The number of carbonyl (C=O) groups excluding carboxylic acids is 2. The zero-order chi connectivity index (χ0) is 8.97. The molecule has 1 aliphatic rings. The fourth-order valence-electron chi connectivity index (χ4n) is 0.968. The summed E-state index contributed by atoms with van der Waals surface area (Å²) in [5.41, 5.74) is 0. The van der Waals surface area contributed by atoms with Crippen LogP contribution in [0.1, 0.15) is 6.42 Å². The van der Waals surface area contributed by atoms with Gasteiger partial charge in [-0.1, -0.05) is 0 Å². The van der Waals surface area contributed by atoms with Gasteiger partial charge in [0.05, 0.1) is 13.0 Å². The van der Waals surface area contributed by atoms with Crippen molar-refractivity contribution in [1.82, 2.24) is 10.6 Å². The summed E-state index contributed by atoms with van der Waals surface area (Å²) in [6, 6.07) is 0. The van der Waals surface area contributed by atoms with E-state index in [1.54, 1.807) is 7.05 Å². The second-order valence-electron chi connectivity index (χ2n) is 2.58. The first-order valence-corrected chi connectivity index (χ1v) is 3.84. The lowest BCUT2D eigenvalue weighted by molar-refractivity contribution is -0.129. The molecule has 0 aromatic rings. The van der Waals surface area contributed by atoms with E-state index in [0.717, 1.165) is 0 Å². The molecule has 1 unspecified atom stereocenters. The predicted molar refractivity (Wildman–Crippen MR) is 41.4 cm³/mol. The van der Waals surface area contributed by atoms with E-state index >= 15 is 0 Å². The third-order valence-corrected chi connectivity index (χ3v) is 1.60. The Balaban J connectivity index is 2.24. The third kappa shape index (κ3) is 2.28. The number of imide groups is 1. The van der Waals surface area contributed by atoms with Gasteiger partial charge in [-0.3, -0.25) is 14.9 Å². The molecular weight excluding hydrogens is 160 g/mol. The van der Waals surface area contributed by atoms with Crippen molar-refractivity contribution in [3.05, 3.63) is 0 Å². The molecule has 12 heavy (non-hydrogen) atoms. The number of likely N-dealkylation sites (N-methyl/N-ethyl adjacent to an activating group) is 1. The fraction of sp³-hybridized carbons (Fsp3) is 0.714. The second kappa shape index (κ2) is 4.18. The summed E-state index contributed by atoms with van der Waals surface area (Å²) in [6.07, 6.45) is -0.423. The van der Waals surface area contributed by atoms with Crippen LogP contribution in [0.4, 0.5) is 0 Å². The molecule has 0 saturated carbocycles. The zero-order valence-corrected chi connectivity index (χ0v) is 6.92. The minimum atomic E-state index is -0.578. The van der Waals surface area contributed by atoms with Crippen LogP contribution in [0.25, 0.3) is 0 Å². The number of nitrogens with one attached hydrogen (secondary N) is 2. The van der Waals surface area contributed by atoms with E-state index < -0.39 is 6.10 Å². The summed E-state index contributed by atoms with van der Waals surface area (Å²) in [4.78, 5) is 21.6. The quantitative estimate of drug-likeness (QED) is 0.406. The molecule has 0 radical (unpaired) electrons. The minimum absolute atomic E-state index is 0.155. The molecule has 0 bridgehead atoms. The van der Waals surface area contributed by atoms with Gasteiger partial charge in [0.1, 0.15) is 6.10 Å². The minimum Gasteiger partial charge on any atom is -0.367 e. The number of hydrogen-bond acceptors (Lipinski definition) is 4. The van der Waals surface area contributed by atoms with E-state index in [0.29, 0.717) is 13.2 Å². The van der Waals surface area contributed by atoms with Gasteiger partial charge in [0.25, 0.3) is 5.91 Å². The average Bonchev–Trinajstić information content (AvgIpc) is 2.31. The van der Waals surface area contributed by atoms with Crippen molar-refractivity contribution in [2.75, 3.05) is 20.2 Å². The van der Waals surface area contributed by atoms with Crippen LogP contribution in [0.5, 0.6) is 0 Å². The van der Waals surface area contributed by atoms with E-state index in [1.165, 1.54) is 0 Å². The van der Waals surface area contributed by atoms with Gasteiger partial charge in [0, 0.05) is 6.54 Å². The highest BCUT2D eigenvalue weighted by Crippen LogP contribution is 2.05. The maximum atomic E-state index is 10.9. The van der Waals surface area contributed by atoms with Gasteiger partial charge in [-0.05, 0) is 7.05 Å². The number of rotatable bonds is 4. The summed E-state index contributed by atoms with van der Waals surface area (Å²) in [7, 11) is 1.79. The summed E-state index contributed by atoms with van der Waals surface area (Å²) >= 11 is 0. The van der Waals surface area contributed by atoms with E-state index in [9.17, 15) is 9.59 Å². The van der Waals surface area contributed by atoms with Gasteiger partial charge in [0.15, 0.2) is 0 Å². The molecule has 2 N–H and O–H groups in total. The molecule has 0 aromatic carbocycles. The lowest BCUT2D eigenvalue weighted by Gasteiger charge is -2.06. The van der Waals surface area contributed by atoms with Gasteiger partial charge in [-0.2, -0.15) is 0 Å². The van der Waals surface area contributed by atoms with Crippen LogP contribution in [0.2, 0.25) is 0 Å². The molecule has 68 valence electrons. The van der Waals surface area contributed by atoms with Crippen molar-refractivity contribution in [3.63, 3.8) is 0 Å². The first-order chi connectivity index (χ1) is 5.74. The van der Waals surface area contributed by atoms with Gasteiger partial charge in [-0.15, -0.1) is 0 Å². The Morgan fingerprint density at radius 2 is 2.42 bits per heavy atom. The standard InChI is InChI=1S/C7H12N2O3/c1-8-2-3-12-5-4-6(10)9-7(5)11/h5,8H,2-4H2,1H3,(H,9,10,11). The molecule has 1 aliphatic heterocycles. The number of ether oxygens (including phenoxy) is 1. The Labute approximate surface area is 70.5 Å². The van der Waals surface area contributed by atoms with Crippen LogP contribution in [-0.4, -0.2) is 38.1 Å². The molecule has 2 amide bonds. The molecule has 1 saturated heterocycles. The lowest BCUT2D eigenvalue weighted by Crippen LogP contribution is -2.28. The highest BCUT2D eigenvalue weighted by Gasteiger charge is 2.30. The van der Waals surface area contributed by atoms with E-state index in [-0.39, 0.29) is 18.2 Å². The number of carbonyl (C=O) groups is 2. The van der Waals surface area contributed by atoms with Crippen molar-refractivity contribution in [2.45, 2.75) is 12.5 Å². The monoisotopic (exact) mass is 172 g/mol. The fourth-order valence-corrected chi connectivity index (χ4v) is 0.968. The van der Waals surface area contributed by atoms with Crippen molar-refractivity contribution in [1.29, 1.82) is 0 Å². The second-order valence-corrected chi connectivity index (χ2v) is 2.58. The highest BCUT2D eigenvalue weighted by atomic mass is 16.5. The van der Waals surface area contributed by atoms with Crippen molar-refractivity contribution < 1.29 is 14.3 Å². The van der Waals surface area contributed by atoms with Crippen LogP contribution in [0.15, 0.2) is 0 Å². The Kier molecular flexibility index (Phi) is 3.19. The molecule has 1 heterocycles. The van der Waals surface area contributed by atoms with Gasteiger partial charge in [0.2, 0.25) is 5.91 Å². The molecule has 1 atom stereocenters. The maximum Gasteiger partial charge on any atom is 0.256 e. The van der Waals surface area contributed by atoms with Crippen LogP contribution < -0.4 is 10.6 Å². The number of amides is 2. The Morgan fingerprint density at radius 3 is 2.92 bits per heavy atom. The van der Waals surface area contributed by atoms with Crippen LogP contribution in [0, 0.1) is 0 Å². The Bertz CT molecular complexity index is 193. The van der Waals surface area contributed by atoms with Crippen LogP contribution in [-0.2, 0) is 14.3 Å². The van der Waals surface area contributed by atoms with E-state index in [2.05, 4.69) is 10.6 Å². The Hall–Kier alpha value is -0.940. The molecular formula is C7H12N2O3. The van der Waals surface area contributed by atoms with Gasteiger partial charge < -0.3 is 10.1 Å².